The Morgan fingerprint density at radius 2 is 1.70 bits per heavy atom. The van der Waals surface area contributed by atoms with Gasteiger partial charge in [0.25, 0.3) is 0 Å². The Kier molecular flexibility index (Phi) is 6.68. The van der Waals surface area contributed by atoms with Crippen molar-refractivity contribution in [2.75, 3.05) is 6.61 Å². The smallest absolute Gasteiger partial charge is 0.246 e. The molecule has 1 amide bonds. The van der Waals surface area contributed by atoms with Gasteiger partial charge in [0.1, 0.15) is 5.75 Å². The largest absolute Gasteiger partial charge is 0.494 e. The van der Waals surface area contributed by atoms with E-state index >= 15 is 0 Å². The van der Waals surface area contributed by atoms with Gasteiger partial charge in [-0.1, -0.05) is 28.4 Å². The van der Waals surface area contributed by atoms with Crippen LogP contribution in [0.2, 0.25) is 10.0 Å². The molecule has 0 fully saturated rings. The van der Waals surface area contributed by atoms with Crippen LogP contribution in [-0.4, -0.2) is 22.7 Å². The van der Waals surface area contributed by atoms with Gasteiger partial charge in [0, 0.05) is 22.0 Å². The summed E-state index contributed by atoms with van der Waals surface area (Å²) >= 11 is 11.7. The van der Waals surface area contributed by atoms with Crippen molar-refractivity contribution in [2.24, 2.45) is 0 Å². The quantitative estimate of drug-likeness (QED) is 0.557. The van der Waals surface area contributed by atoms with Gasteiger partial charge in [0.2, 0.25) is 17.6 Å². The standard InChI is InChI=1S/C19H17Cl2N3O3/c20-14-5-3-13(4-6-14)19-23-18(27-24-19)12-22-17(25)2-1-11-26-16-9-7-15(21)8-10-16/h3-10H,1-2,11-12H2,(H,22,25). The minimum Gasteiger partial charge on any atom is -0.494 e. The summed E-state index contributed by atoms with van der Waals surface area (Å²) < 4.78 is 10.7. The molecular weight excluding hydrogens is 389 g/mol. The zero-order chi connectivity index (χ0) is 19.1. The lowest BCUT2D eigenvalue weighted by atomic mass is 10.2. The summed E-state index contributed by atoms with van der Waals surface area (Å²) in [7, 11) is 0. The molecule has 1 heterocycles. The molecule has 0 aliphatic rings. The van der Waals surface area contributed by atoms with E-state index in [2.05, 4.69) is 15.5 Å². The molecule has 2 aromatic carbocycles. The van der Waals surface area contributed by atoms with Gasteiger partial charge in [0.05, 0.1) is 13.2 Å². The molecule has 0 atom stereocenters. The SMILES string of the molecule is O=C(CCCOc1ccc(Cl)cc1)NCc1nc(-c2ccc(Cl)cc2)no1. The van der Waals surface area contributed by atoms with Crippen molar-refractivity contribution in [1.82, 2.24) is 15.5 Å². The van der Waals surface area contributed by atoms with Gasteiger partial charge in [-0.05, 0) is 55.0 Å². The second-order valence-electron chi connectivity index (χ2n) is 5.70. The normalized spacial score (nSPS) is 10.6. The first-order valence-electron chi connectivity index (χ1n) is 8.34. The van der Waals surface area contributed by atoms with Gasteiger partial charge >= 0.3 is 0 Å². The molecule has 1 N–H and O–H groups in total. The van der Waals surface area contributed by atoms with E-state index in [9.17, 15) is 4.79 Å². The first-order valence-corrected chi connectivity index (χ1v) is 9.09. The molecule has 0 aliphatic heterocycles. The number of benzene rings is 2. The zero-order valence-corrected chi connectivity index (χ0v) is 15.8. The number of hydrogen-bond acceptors (Lipinski definition) is 5. The Hall–Kier alpha value is -2.57. The predicted octanol–water partition coefficient (Wildman–Crippen LogP) is 4.52. The van der Waals surface area contributed by atoms with Crippen molar-refractivity contribution in [2.45, 2.75) is 19.4 Å². The number of rotatable bonds is 8. The van der Waals surface area contributed by atoms with E-state index < -0.39 is 0 Å². The van der Waals surface area contributed by atoms with E-state index in [0.29, 0.717) is 41.2 Å². The highest BCUT2D eigenvalue weighted by Crippen LogP contribution is 2.18. The van der Waals surface area contributed by atoms with E-state index in [1.807, 2.05) is 0 Å². The summed E-state index contributed by atoms with van der Waals surface area (Å²) in [6.45, 7) is 0.619. The molecule has 3 rings (SSSR count). The molecule has 140 valence electrons. The van der Waals surface area contributed by atoms with E-state index in [0.717, 1.165) is 11.3 Å². The van der Waals surface area contributed by atoms with Crippen molar-refractivity contribution in [3.05, 3.63) is 64.5 Å². The maximum absolute atomic E-state index is 11.9. The van der Waals surface area contributed by atoms with Crippen LogP contribution < -0.4 is 10.1 Å². The highest BCUT2D eigenvalue weighted by atomic mass is 35.5. The van der Waals surface area contributed by atoms with Gasteiger partial charge < -0.3 is 14.6 Å². The number of ether oxygens (including phenoxy) is 1. The monoisotopic (exact) mass is 405 g/mol. The number of halogens is 2. The number of nitrogens with zero attached hydrogens (tertiary/aromatic N) is 2. The van der Waals surface area contributed by atoms with Gasteiger partial charge in [-0.25, -0.2) is 0 Å². The van der Waals surface area contributed by atoms with Crippen LogP contribution in [0.4, 0.5) is 0 Å². The summed E-state index contributed by atoms with van der Waals surface area (Å²) in [6, 6.07) is 14.2. The summed E-state index contributed by atoms with van der Waals surface area (Å²) in [5.74, 6) is 1.40. The summed E-state index contributed by atoms with van der Waals surface area (Å²) in [5, 5.41) is 7.94. The molecule has 0 saturated heterocycles. The highest BCUT2D eigenvalue weighted by molar-refractivity contribution is 6.30. The number of aromatic nitrogens is 2. The average Bonchev–Trinajstić information content (AvgIpc) is 3.14. The molecular formula is C19H17Cl2N3O3. The lowest BCUT2D eigenvalue weighted by Crippen LogP contribution is -2.23. The van der Waals surface area contributed by atoms with Crippen LogP contribution in [0.5, 0.6) is 5.75 Å². The van der Waals surface area contributed by atoms with Crippen LogP contribution in [0.25, 0.3) is 11.4 Å². The van der Waals surface area contributed by atoms with Crippen LogP contribution in [-0.2, 0) is 11.3 Å². The molecule has 27 heavy (non-hydrogen) atoms. The van der Waals surface area contributed by atoms with Crippen LogP contribution in [0.15, 0.2) is 53.1 Å². The number of amides is 1. The second kappa shape index (κ2) is 9.39. The van der Waals surface area contributed by atoms with Crippen molar-refractivity contribution in [1.29, 1.82) is 0 Å². The van der Waals surface area contributed by atoms with E-state index in [-0.39, 0.29) is 12.5 Å². The summed E-state index contributed by atoms with van der Waals surface area (Å²) in [5.41, 5.74) is 0.792. The third-order valence-electron chi connectivity index (χ3n) is 3.64. The maximum Gasteiger partial charge on any atom is 0.246 e. The van der Waals surface area contributed by atoms with Gasteiger partial charge in [-0.15, -0.1) is 0 Å². The highest BCUT2D eigenvalue weighted by Gasteiger charge is 2.10. The minimum atomic E-state index is -0.110. The summed E-state index contributed by atoms with van der Waals surface area (Å²) in [6.07, 6.45) is 0.931. The lowest BCUT2D eigenvalue weighted by molar-refractivity contribution is -0.121. The minimum absolute atomic E-state index is 0.110. The maximum atomic E-state index is 11.9. The first kappa shape index (κ1) is 19.2. The third kappa shape index (κ3) is 5.98. The molecule has 1 aromatic heterocycles. The van der Waals surface area contributed by atoms with Gasteiger partial charge in [0.15, 0.2) is 0 Å². The molecule has 0 spiro atoms. The Morgan fingerprint density at radius 3 is 2.41 bits per heavy atom. The molecule has 0 aliphatic carbocycles. The summed E-state index contributed by atoms with van der Waals surface area (Å²) in [4.78, 5) is 16.2. The zero-order valence-electron chi connectivity index (χ0n) is 14.3. The van der Waals surface area contributed by atoms with Crippen molar-refractivity contribution < 1.29 is 14.1 Å². The van der Waals surface area contributed by atoms with Crippen molar-refractivity contribution in [3.63, 3.8) is 0 Å². The Morgan fingerprint density at radius 1 is 1.04 bits per heavy atom. The van der Waals surface area contributed by atoms with Crippen LogP contribution in [0.3, 0.4) is 0 Å². The second-order valence-corrected chi connectivity index (χ2v) is 6.57. The number of hydrogen-bond donors (Lipinski definition) is 1. The fraction of sp³-hybridized carbons (Fsp3) is 0.211. The number of carbonyl (C=O) groups is 1. The fourth-order valence-corrected chi connectivity index (χ4v) is 2.51. The van der Waals surface area contributed by atoms with Crippen LogP contribution >= 0.6 is 23.2 Å². The van der Waals surface area contributed by atoms with E-state index in [4.69, 9.17) is 32.5 Å². The van der Waals surface area contributed by atoms with E-state index in [1.54, 1.807) is 48.5 Å². The average molecular weight is 406 g/mol. The molecule has 0 saturated carbocycles. The van der Waals surface area contributed by atoms with Gasteiger partial charge in [-0.3, -0.25) is 4.79 Å². The van der Waals surface area contributed by atoms with Crippen LogP contribution in [0.1, 0.15) is 18.7 Å². The third-order valence-corrected chi connectivity index (χ3v) is 4.14. The topological polar surface area (TPSA) is 77.2 Å². The number of nitrogens with one attached hydrogen (secondary N) is 1. The Labute approximate surface area is 166 Å². The molecule has 0 radical (unpaired) electrons. The van der Waals surface area contributed by atoms with Gasteiger partial charge in [-0.2, -0.15) is 4.98 Å². The molecule has 3 aromatic rings. The first-order chi connectivity index (χ1) is 13.1. The predicted molar refractivity (Wildman–Crippen MR) is 103 cm³/mol. The number of carbonyl (C=O) groups excluding carboxylic acids is 1. The Bertz CT molecular complexity index is 880. The van der Waals surface area contributed by atoms with Crippen LogP contribution in [0, 0.1) is 0 Å². The molecule has 6 nitrogen and oxygen atoms in total. The lowest BCUT2D eigenvalue weighted by Gasteiger charge is -2.06. The van der Waals surface area contributed by atoms with Crippen molar-refractivity contribution >= 4 is 29.1 Å². The molecule has 8 heteroatoms. The Balaban J connectivity index is 1.38. The molecule has 0 unspecified atom stereocenters. The van der Waals surface area contributed by atoms with E-state index in [1.165, 1.54) is 0 Å². The van der Waals surface area contributed by atoms with Crippen molar-refractivity contribution in [3.8, 4) is 17.1 Å². The molecule has 0 bridgehead atoms. The fourth-order valence-electron chi connectivity index (χ4n) is 2.26.